The molecule has 0 amide bonds. The van der Waals surface area contributed by atoms with Crippen molar-refractivity contribution in [1.29, 1.82) is 0 Å². The van der Waals surface area contributed by atoms with Gasteiger partial charge in [-0.15, -0.1) is 0 Å². The lowest BCUT2D eigenvalue weighted by molar-refractivity contribution is 0.0599. The van der Waals surface area contributed by atoms with Gasteiger partial charge >= 0.3 is 11.9 Å². The van der Waals surface area contributed by atoms with Crippen LogP contribution in [0.1, 0.15) is 70.7 Å². The van der Waals surface area contributed by atoms with Crippen molar-refractivity contribution in [3.05, 3.63) is 203 Å². The average molecular weight is 833 g/mol. The maximum Gasteiger partial charge on any atom is 0.343 e. The zero-order valence-corrected chi connectivity index (χ0v) is 35.1. The van der Waals surface area contributed by atoms with E-state index >= 15 is 0 Å². The van der Waals surface area contributed by atoms with Crippen LogP contribution in [0.15, 0.2) is 180 Å². The highest BCUT2D eigenvalue weighted by molar-refractivity contribution is 7.91. The molecule has 0 aliphatic heterocycles. The van der Waals surface area contributed by atoms with Crippen LogP contribution in [0.2, 0.25) is 0 Å². The minimum Gasteiger partial charge on any atom is -0.508 e. The molecular formula is C51H44O9S. The van der Waals surface area contributed by atoms with Crippen LogP contribution in [-0.4, -0.2) is 32.6 Å². The molecule has 0 bridgehead atoms. The largest absolute Gasteiger partial charge is 0.508 e. The van der Waals surface area contributed by atoms with Gasteiger partial charge in [0.2, 0.25) is 9.84 Å². The lowest BCUT2D eigenvalue weighted by Gasteiger charge is -2.26. The van der Waals surface area contributed by atoms with E-state index in [4.69, 9.17) is 18.9 Å². The van der Waals surface area contributed by atoms with Crippen LogP contribution in [0.25, 0.3) is 0 Å². The van der Waals surface area contributed by atoms with Gasteiger partial charge in [-0.3, -0.25) is 0 Å². The number of ether oxygens (including phenoxy) is 4. The number of hydrogen-bond donors (Lipinski definition) is 1. The monoisotopic (exact) mass is 832 g/mol. The minimum atomic E-state index is -3.81. The highest BCUT2D eigenvalue weighted by Gasteiger charge is 2.25. The smallest absolute Gasteiger partial charge is 0.343 e. The molecule has 7 aromatic carbocycles. The summed E-state index contributed by atoms with van der Waals surface area (Å²) in [4.78, 5) is 24.6. The van der Waals surface area contributed by atoms with E-state index in [1.165, 1.54) is 55.6 Å². The Labute approximate surface area is 355 Å². The van der Waals surface area contributed by atoms with Crippen LogP contribution in [-0.2, 0) is 25.4 Å². The van der Waals surface area contributed by atoms with Gasteiger partial charge in [-0.25, -0.2) is 18.0 Å². The fourth-order valence-electron chi connectivity index (χ4n) is 6.84. The molecule has 0 heterocycles. The third kappa shape index (κ3) is 9.35. The summed E-state index contributed by atoms with van der Waals surface area (Å²) >= 11 is 0. The molecule has 308 valence electrons. The standard InChI is InChI=1S/C51H44O9S/c1-50(2,36-10-18-40(52)19-11-36)37-12-20-41(21-13-37)58-43-26-30-46(31-27-43)61(55,56)47-32-28-44(29-33-47)59-42-22-14-38(15-23-42)51(3,4)39-16-24-45(25-17-39)60-49(54)35-8-6-34(7-9-35)48(53)57-5/h6-33,52H,1-5H3. The number of benzene rings is 7. The van der Waals surface area contributed by atoms with Gasteiger partial charge < -0.3 is 24.1 Å². The van der Waals surface area contributed by atoms with Crippen molar-refractivity contribution < 1.29 is 42.1 Å². The van der Waals surface area contributed by atoms with E-state index in [2.05, 4.69) is 27.7 Å². The first kappa shape index (κ1) is 42.0. The molecule has 0 fully saturated rings. The van der Waals surface area contributed by atoms with Crippen LogP contribution >= 0.6 is 0 Å². The number of esters is 2. The van der Waals surface area contributed by atoms with Crippen molar-refractivity contribution in [2.75, 3.05) is 7.11 Å². The number of hydrogen-bond acceptors (Lipinski definition) is 9. The average Bonchev–Trinajstić information content (AvgIpc) is 3.27. The Morgan fingerprint density at radius 2 is 0.721 bits per heavy atom. The summed E-state index contributed by atoms with van der Waals surface area (Å²) in [5.74, 6) is 1.77. The number of methoxy groups -OCH3 is 1. The molecule has 0 saturated carbocycles. The van der Waals surface area contributed by atoms with E-state index in [9.17, 15) is 23.1 Å². The van der Waals surface area contributed by atoms with E-state index in [1.54, 1.807) is 48.5 Å². The van der Waals surface area contributed by atoms with E-state index in [0.717, 1.165) is 22.3 Å². The number of aromatic hydroxyl groups is 1. The van der Waals surface area contributed by atoms with Crippen molar-refractivity contribution >= 4 is 21.8 Å². The fraction of sp³-hybridized carbons (Fsp3) is 0.137. The first-order valence-corrected chi connectivity index (χ1v) is 20.9. The van der Waals surface area contributed by atoms with Gasteiger partial charge in [-0.1, -0.05) is 76.2 Å². The van der Waals surface area contributed by atoms with Crippen LogP contribution < -0.4 is 14.2 Å². The van der Waals surface area contributed by atoms with Crippen LogP contribution in [0, 0.1) is 0 Å². The molecule has 0 aliphatic rings. The Balaban J connectivity index is 0.936. The Morgan fingerprint density at radius 1 is 0.426 bits per heavy atom. The third-order valence-electron chi connectivity index (χ3n) is 10.8. The highest BCUT2D eigenvalue weighted by Crippen LogP contribution is 2.36. The van der Waals surface area contributed by atoms with Crippen molar-refractivity contribution in [2.45, 2.75) is 48.3 Å². The van der Waals surface area contributed by atoms with Crippen molar-refractivity contribution in [1.82, 2.24) is 0 Å². The first-order valence-electron chi connectivity index (χ1n) is 19.5. The molecule has 9 nitrogen and oxygen atoms in total. The summed E-state index contributed by atoms with van der Waals surface area (Å²) in [6.07, 6.45) is 0. The summed E-state index contributed by atoms with van der Waals surface area (Å²) in [6.45, 7) is 8.41. The maximum absolute atomic E-state index is 13.5. The molecule has 1 N–H and O–H groups in total. The number of sulfone groups is 1. The topological polar surface area (TPSA) is 125 Å². The molecule has 10 heteroatoms. The van der Waals surface area contributed by atoms with Gasteiger partial charge in [0.15, 0.2) is 0 Å². The molecule has 0 spiro atoms. The lowest BCUT2D eigenvalue weighted by Crippen LogP contribution is -2.18. The second kappa shape index (κ2) is 17.2. The van der Waals surface area contributed by atoms with Crippen LogP contribution in [0.4, 0.5) is 0 Å². The molecule has 0 unspecified atom stereocenters. The summed E-state index contributed by atoms with van der Waals surface area (Å²) in [5.41, 5.74) is 4.13. The Morgan fingerprint density at radius 3 is 1.07 bits per heavy atom. The van der Waals surface area contributed by atoms with E-state index in [1.807, 2.05) is 72.8 Å². The lowest BCUT2D eigenvalue weighted by atomic mass is 9.78. The van der Waals surface area contributed by atoms with E-state index in [-0.39, 0.29) is 21.0 Å². The molecule has 0 atom stereocenters. The summed E-state index contributed by atoms with van der Waals surface area (Å²) < 4.78 is 49.4. The molecule has 7 rings (SSSR count). The highest BCUT2D eigenvalue weighted by atomic mass is 32.2. The number of phenols is 1. The van der Waals surface area contributed by atoms with Gasteiger partial charge in [-0.2, -0.15) is 0 Å². The van der Waals surface area contributed by atoms with E-state index in [0.29, 0.717) is 39.9 Å². The molecule has 0 saturated heterocycles. The normalized spacial score (nSPS) is 11.7. The Kier molecular flexibility index (Phi) is 11.8. The maximum atomic E-state index is 13.5. The number of rotatable bonds is 13. The minimum absolute atomic E-state index is 0.132. The van der Waals surface area contributed by atoms with Crippen molar-refractivity contribution in [3.63, 3.8) is 0 Å². The molecule has 61 heavy (non-hydrogen) atoms. The molecule has 0 aliphatic carbocycles. The number of carbonyl (C=O) groups excluding carboxylic acids is 2. The van der Waals surface area contributed by atoms with Crippen molar-refractivity contribution in [3.8, 4) is 34.5 Å². The second-order valence-corrected chi connectivity index (χ2v) is 17.4. The summed E-state index contributed by atoms with van der Waals surface area (Å²) in [5, 5.41) is 9.67. The first-order chi connectivity index (χ1) is 29.1. The molecular weight excluding hydrogens is 789 g/mol. The van der Waals surface area contributed by atoms with Crippen LogP contribution in [0.5, 0.6) is 34.5 Å². The summed E-state index contributed by atoms with van der Waals surface area (Å²) in [6, 6.07) is 48.6. The van der Waals surface area contributed by atoms with Gasteiger partial charge in [0.05, 0.1) is 28.0 Å². The zero-order chi connectivity index (χ0) is 43.4. The summed E-state index contributed by atoms with van der Waals surface area (Å²) in [7, 11) is -2.51. The second-order valence-electron chi connectivity index (χ2n) is 15.5. The predicted octanol–water partition coefficient (Wildman–Crippen LogP) is 11.5. The van der Waals surface area contributed by atoms with E-state index < -0.39 is 27.2 Å². The molecule has 0 aromatic heterocycles. The Bertz CT molecular complexity index is 2740. The quantitative estimate of drug-likeness (QED) is 0.0892. The van der Waals surface area contributed by atoms with Gasteiger partial charge in [0, 0.05) is 10.8 Å². The predicted molar refractivity (Wildman–Crippen MR) is 233 cm³/mol. The molecule has 0 radical (unpaired) electrons. The fourth-order valence-corrected chi connectivity index (χ4v) is 8.10. The van der Waals surface area contributed by atoms with Crippen LogP contribution in [0.3, 0.4) is 0 Å². The molecule has 7 aromatic rings. The number of phenolic OH excluding ortho intramolecular Hbond substituents is 1. The number of carbonyl (C=O) groups is 2. The van der Waals surface area contributed by atoms with Crippen molar-refractivity contribution in [2.24, 2.45) is 0 Å². The SMILES string of the molecule is COC(=O)c1ccc(C(=O)Oc2ccc(C(C)(C)c3ccc(Oc4ccc(S(=O)(=O)c5ccc(Oc6ccc(C(C)(C)c7ccc(O)cc7)cc6)cc5)cc4)cc3)cc2)cc1. The van der Waals surface area contributed by atoms with Gasteiger partial charge in [0.1, 0.15) is 34.5 Å². The third-order valence-corrected chi connectivity index (χ3v) is 12.6. The van der Waals surface area contributed by atoms with Gasteiger partial charge in [0.25, 0.3) is 0 Å². The Hall–Kier alpha value is -7.17. The zero-order valence-electron chi connectivity index (χ0n) is 34.3. The van der Waals surface area contributed by atoms with Gasteiger partial charge in [-0.05, 0) is 144 Å².